The molecule has 3 heteroatoms. The Bertz CT molecular complexity index is 559. The van der Waals surface area contributed by atoms with E-state index in [2.05, 4.69) is 13.8 Å². The number of unbranched alkanes of at least 4 members (excludes halogenated alkanes) is 8. The Morgan fingerprint density at radius 3 is 2.04 bits per heavy atom. The number of sulfone groups is 1. The number of hydrogen-bond acceptors (Lipinski definition) is 2. The zero-order chi connectivity index (χ0) is 17.7. The van der Waals surface area contributed by atoms with Crippen LogP contribution in [0.25, 0.3) is 0 Å². The first-order valence-electron chi connectivity index (χ1n) is 9.62. The molecule has 0 spiro atoms. The molecule has 0 atom stereocenters. The van der Waals surface area contributed by atoms with Gasteiger partial charge in [0.25, 0.3) is 0 Å². The molecule has 0 bridgehead atoms. The van der Waals surface area contributed by atoms with Crippen molar-refractivity contribution in [2.24, 2.45) is 0 Å². The Morgan fingerprint density at radius 1 is 0.833 bits per heavy atom. The van der Waals surface area contributed by atoms with Gasteiger partial charge in [-0.15, -0.1) is 0 Å². The topological polar surface area (TPSA) is 34.1 Å². The van der Waals surface area contributed by atoms with E-state index in [9.17, 15) is 8.42 Å². The van der Waals surface area contributed by atoms with Gasteiger partial charge >= 0.3 is 0 Å². The minimum absolute atomic E-state index is 0.429. The van der Waals surface area contributed by atoms with E-state index >= 15 is 0 Å². The van der Waals surface area contributed by atoms with Crippen molar-refractivity contribution in [1.29, 1.82) is 0 Å². The number of hydrogen-bond donors (Lipinski definition) is 0. The van der Waals surface area contributed by atoms with Crippen LogP contribution in [0.15, 0.2) is 46.2 Å². The number of rotatable bonds is 13. The predicted octanol–water partition coefficient (Wildman–Crippen LogP) is 6.68. The molecular formula is C21H34O2S. The van der Waals surface area contributed by atoms with Gasteiger partial charge in [0, 0.05) is 4.91 Å². The smallest absolute Gasteiger partial charge is 0.202 e. The first-order valence-corrected chi connectivity index (χ1v) is 11.1. The molecule has 136 valence electrons. The molecule has 0 saturated carbocycles. The number of benzene rings is 1. The minimum atomic E-state index is -3.33. The van der Waals surface area contributed by atoms with Crippen LogP contribution in [0, 0.1) is 0 Å². The van der Waals surface area contributed by atoms with Crippen LogP contribution in [0.2, 0.25) is 0 Å². The monoisotopic (exact) mass is 350 g/mol. The second-order valence-corrected chi connectivity index (χ2v) is 8.50. The SMILES string of the molecule is CCCCCC/C=C(/CCCCCCC)S(=O)(=O)c1ccccc1. The van der Waals surface area contributed by atoms with Gasteiger partial charge in [0.05, 0.1) is 4.90 Å². The van der Waals surface area contributed by atoms with Crippen molar-refractivity contribution >= 4 is 9.84 Å². The lowest BCUT2D eigenvalue weighted by atomic mass is 10.1. The third-order valence-corrected chi connectivity index (χ3v) is 6.31. The molecule has 0 saturated heterocycles. The standard InChI is InChI=1S/C21H34O2S/c1-3-5-7-9-12-16-20(17-13-10-8-6-4-2)24(22,23)21-18-14-11-15-19-21/h11,14-16,18-19H,3-10,12-13,17H2,1-2H3/b20-16-. The van der Waals surface area contributed by atoms with Crippen molar-refractivity contribution in [3.8, 4) is 0 Å². The Balaban J connectivity index is 2.74. The summed E-state index contributed by atoms with van der Waals surface area (Å²) in [5, 5.41) is 0. The molecule has 24 heavy (non-hydrogen) atoms. The highest BCUT2D eigenvalue weighted by molar-refractivity contribution is 7.95. The zero-order valence-electron chi connectivity index (χ0n) is 15.5. The molecule has 0 amide bonds. The van der Waals surface area contributed by atoms with E-state index in [1.54, 1.807) is 24.3 Å². The molecule has 0 fully saturated rings. The predicted molar refractivity (Wildman–Crippen MR) is 104 cm³/mol. The first kappa shape index (κ1) is 21.0. The molecule has 0 aliphatic heterocycles. The minimum Gasteiger partial charge on any atom is -0.219 e. The number of allylic oxidation sites excluding steroid dienone is 2. The maximum Gasteiger partial charge on any atom is 0.202 e. The van der Waals surface area contributed by atoms with Crippen LogP contribution in [-0.4, -0.2) is 8.42 Å². The van der Waals surface area contributed by atoms with Gasteiger partial charge in [-0.2, -0.15) is 0 Å². The van der Waals surface area contributed by atoms with Crippen molar-refractivity contribution in [1.82, 2.24) is 0 Å². The summed E-state index contributed by atoms with van der Waals surface area (Å²) in [6.07, 6.45) is 14.0. The fourth-order valence-electron chi connectivity index (χ4n) is 2.83. The van der Waals surface area contributed by atoms with Gasteiger partial charge in [-0.3, -0.25) is 0 Å². The van der Waals surface area contributed by atoms with Crippen LogP contribution in [0.4, 0.5) is 0 Å². The van der Waals surface area contributed by atoms with E-state index in [4.69, 9.17) is 0 Å². The average Bonchev–Trinajstić information content (AvgIpc) is 2.60. The van der Waals surface area contributed by atoms with Gasteiger partial charge in [-0.05, 0) is 37.8 Å². The second kappa shape index (κ2) is 12.3. The van der Waals surface area contributed by atoms with Gasteiger partial charge in [-0.25, -0.2) is 8.42 Å². The van der Waals surface area contributed by atoms with Crippen molar-refractivity contribution in [2.45, 2.75) is 89.4 Å². The van der Waals surface area contributed by atoms with E-state index in [1.165, 1.54) is 38.5 Å². The average molecular weight is 351 g/mol. The Hall–Kier alpha value is -1.09. The van der Waals surface area contributed by atoms with Crippen LogP contribution < -0.4 is 0 Å². The lowest BCUT2D eigenvalue weighted by Crippen LogP contribution is -2.05. The molecule has 0 aliphatic rings. The lowest BCUT2D eigenvalue weighted by Gasteiger charge is -2.10. The zero-order valence-corrected chi connectivity index (χ0v) is 16.3. The third-order valence-electron chi connectivity index (χ3n) is 4.36. The Kier molecular flexibility index (Phi) is 10.7. The van der Waals surface area contributed by atoms with Crippen molar-refractivity contribution < 1.29 is 8.42 Å². The van der Waals surface area contributed by atoms with E-state index in [0.717, 1.165) is 25.7 Å². The van der Waals surface area contributed by atoms with Crippen LogP contribution in [0.5, 0.6) is 0 Å². The van der Waals surface area contributed by atoms with Gasteiger partial charge in [0.15, 0.2) is 0 Å². The largest absolute Gasteiger partial charge is 0.219 e. The van der Waals surface area contributed by atoms with Crippen LogP contribution in [0.3, 0.4) is 0 Å². The molecule has 2 nitrogen and oxygen atoms in total. The summed E-state index contributed by atoms with van der Waals surface area (Å²) in [7, 11) is -3.33. The molecule has 0 aromatic heterocycles. The second-order valence-electron chi connectivity index (χ2n) is 6.50. The van der Waals surface area contributed by atoms with E-state index in [0.29, 0.717) is 16.2 Å². The maximum absolute atomic E-state index is 12.9. The van der Waals surface area contributed by atoms with E-state index in [-0.39, 0.29) is 0 Å². The van der Waals surface area contributed by atoms with Crippen LogP contribution >= 0.6 is 0 Å². The van der Waals surface area contributed by atoms with Crippen molar-refractivity contribution in [2.75, 3.05) is 0 Å². The molecule has 1 aromatic rings. The molecule has 0 unspecified atom stereocenters. The van der Waals surface area contributed by atoms with Gasteiger partial charge in [0.1, 0.15) is 0 Å². The Morgan fingerprint density at radius 2 is 1.42 bits per heavy atom. The van der Waals surface area contributed by atoms with E-state index < -0.39 is 9.84 Å². The van der Waals surface area contributed by atoms with Gasteiger partial charge in [-0.1, -0.05) is 83.1 Å². The maximum atomic E-state index is 12.9. The summed E-state index contributed by atoms with van der Waals surface area (Å²) >= 11 is 0. The van der Waals surface area contributed by atoms with E-state index in [1.807, 2.05) is 12.1 Å². The van der Waals surface area contributed by atoms with Crippen molar-refractivity contribution in [3.05, 3.63) is 41.3 Å². The first-order chi connectivity index (χ1) is 11.6. The summed E-state index contributed by atoms with van der Waals surface area (Å²) in [6.45, 7) is 4.39. The fraction of sp³-hybridized carbons (Fsp3) is 0.619. The molecular weight excluding hydrogens is 316 g/mol. The van der Waals surface area contributed by atoms with Crippen molar-refractivity contribution in [3.63, 3.8) is 0 Å². The van der Waals surface area contributed by atoms with Crippen LogP contribution in [0.1, 0.15) is 84.5 Å². The molecule has 1 aromatic carbocycles. The molecule has 1 rings (SSSR count). The van der Waals surface area contributed by atoms with Gasteiger partial charge in [0.2, 0.25) is 9.84 Å². The summed E-state index contributed by atoms with van der Waals surface area (Å²) in [5.41, 5.74) is 0. The third kappa shape index (κ3) is 7.65. The van der Waals surface area contributed by atoms with Crippen LogP contribution in [-0.2, 0) is 9.84 Å². The molecule has 0 heterocycles. The fourth-order valence-corrected chi connectivity index (χ4v) is 4.40. The Labute approximate surface area is 149 Å². The summed E-state index contributed by atoms with van der Waals surface area (Å²) < 4.78 is 25.8. The normalized spacial score (nSPS) is 12.5. The summed E-state index contributed by atoms with van der Waals surface area (Å²) in [6, 6.07) is 8.87. The molecule has 0 radical (unpaired) electrons. The molecule has 0 aliphatic carbocycles. The summed E-state index contributed by atoms with van der Waals surface area (Å²) in [4.78, 5) is 1.06. The highest BCUT2D eigenvalue weighted by atomic mass is 32.2. The van der Waals surface area contributed by atoms with Gasteiger partial charge < -0.3 is 0 Å². The highest BCUT2D eigenvalue weighted by Crippen LogP contribution is 2.25. The molecule has 0 N–H and O–H groups in total. The highest BCUT2D eigenvalue weighted by Gasteiger charge is 2.19. The quantitative estimate of drug-likeness (QED) is 0.372. The lowest BCUT2D eigenvalue weighted by molar-refractivity contribution is 0.593. The summed E-state index contributed by atoms with van der Waals surface area (Å²) in [5.74, 6) is 0.